The molecule has 0 saturated carbocycles. The zero-order chi connectivity index (χ0) is 17.9. The Bertz CT molecular complexity index is 703. The van der Waals surface area contributed by atoms with E-state index >= 15 is 0 Å². The Labute approximate surface area is 162 Å². The van der Waals surface area contributed by atoms with E-state index in [1.807, 2.05) is 19.1 Å². The highest BCUT2D eigenvalue weighted by molar-refractivity contribution is 7.89. The maximum Gasteiger partial charge on any atom is 0.243 e. The molecule has 0 bridgehead atoms. The van der Waals surface area contributed by atoms with Gasteiger partial charge in [0.25, 0.3) is 0 Å². The van der Waals surface area contributed by atoms with Crippen molar-refractivity contribution >= 4 is 28.3 Å². The van der Waals surface area contributed by atoms with Gasteiger partial charge in [-0.25, -0.2) is 8.42 Å². The molecule has 2 heterocycles. The fourth-order valence-electron chi connectivity index (χ4n) is 3.55. The molecule has 146 valence electrons. The van der Waals surface area contributed by atoms with E-state index in [4.69, 9.17) is 0 Å². The van der Waals surface area contributed by atoms with Gasteiger partial charge in [-0.3, -0.25) is 4.79 Å². The predicted molar refractivity (Wildman–Crippen MR) is 104 cm³/mol. The number of amides is 1. The van der Waals surface area contributed by atoms with Crippen molar-refractivity contribution in [3.63, 3.8) is 0 Å². The first-order chi connectivity index (χ1) is 12.0. The van der Waals surface area contributed by atoms with E-state index in [1.165, 1.54) is 0 Å². The minimum atomic E-state index is -3.46. The molecule has 0 spiro atoms. The second-order valence-electron chi connectivity index (χ2n) is 7.08. The molecule has 2 fully saturated rings. The fraction of sp³-hybridized carbons (Fsp3) is 0.611. The van der Waals surface area contributed by atoms with Gasteiger partial charge in [0, 0.05) is 19.6 Å². The van der Waals surface area contributed by atoms with Crippen molar-refractivity contribution in [2.45, 2.75) is 43.5 Å². The molecule has 2 saturated heterocycles. The molecule has 2 aliphatic heterocycles. The van der Waals surface area contributed by atoms with Crippen molar-refractivity contribution in [1.82, 2.24) is 14.9 Å². The third-order valence-electron chi connectivity index (χ3n) is 5.08. The standard InChI is InChI=1S/C18H27N3O3S.ClH/c1-14-6-8-16(9-7-14)25(23,24)21-11-3-4-15(13-21)12-20-18(22)17-5-2-10-19-17;/h6-9,15,17,19H,2-5,10-13H2,1H3,(H,20,22);1H. The molecule has 2 aliphatic rings. The smallest absolute Gasteiger partial charge is 0.243 e. The van der Waals surface area contributed by atoms with E-state index in [1.54, 1.807) is 16.4 Å². The summed E-state index contributed by atoms with van der Waals surface area (Å²) >= 11 is 0. The molecule has 3 rings (SSSR count). The van der Waals surface area contributed by atoms with Crippen molar-refractivity contribution in [1.29, 1.82) is 0 Å². The Kier molecular flexibility index (Phi) is 7.46. The number of rotatable bonds is 5. The Morgan fingerprint density at radius 3 is 2.62 bits per heavy atom. The summed E-state index contributed by atoms with van der Waals surface area (Å²) in [6.07, 6.45) is 3.68. The molecule has 1 aromatic rings. The predicted octanol–water partition coefficient (Wildman–Crippen LogP) is 1.69. The van der Waals surface area contributed by atoms with Gasteiger partial charge in [-0.05, 0) is 57.2 Å². The number of aryl methyl sites for hydroxylation is 1. The van der Waals surface area contributed by atoms with Crippen LogP contribution >= 0.6 is 12.4 Å². The molecular weight excluding hydrogens is 374 g/mol. The lowest BCUT2D eigenvalue weighted by molar-refractivity contribution is -0.123. The van der Waals surface area contributed by atoms with E-state index in [-0.39, 0.29) is 30.3 Å². The number of nitrogens with one attached hydrogen (secondary N) is 2. The van der Waals surface area contributed by atoms with Gasteiger partial charge in [0.15, 0.2) is 0 Å². The summed E-state index contributed by atoms with van der Waals surface area (Å²) < 4.78 is 27.2. The number of carbonyl (C=O) groups excluding carboxylic acids is 1. The molecule has 6 nitrogen and oxygen atoms in total. The number of piperidine rings is 1. The SMILES string of the molecule is Cc1ccc(S(=O)(=O)N2CCCC(CNC(=O)C3CCCN3)C2)cc1.Cl. The lowest BCUT2D eigenvalue weighted by Crippen LogP contribution is -2.46. The Balaban J connectivity index is 0.00000243. The molecule has 0 radical (unpaired) electrons. The van der Waals surface area contributed by atoms with Crippen LogP contribution in [0, 0.1) is 12.8 Å². The zero-order valence-electron chi connectivity index (χ0n) is 15.1. The summed E-state index contributed by atoms with van der Waals surface area (Å²) in [5, 5.41) is 6.18. The molecule has 0 aromatic heterocycles. The molecule has 2 atom stereocenters. The van der Waals surface area contributed by atoms with Gasteiger partial charge in [0.2, 0.25) is 15.9 Å². The van der Waals surface area contributed by atoms with Gasteiger partial charge >= 0.3 is 0 Å². The third kappa shape index (κ3) is 4.97. The summed E-state index contributed by atoms with van der Waals surface area (Å²) in [7, 11) is -3.46. The molecule has 0 aliphatic carbocycles. The first kappa shape index (κ1) is 21.2. The quantitative estimate of drug-likeness (QED) is 0.786. The van der Waals surface area contributed by atoms with E-state index in [0.29, 0.717) is 24.5 Å². The molecule has 1 aromatic carbocycles. The van der Waals surface area contributed by atoms with Crippen LogP contribution in [0.5, 0.6) is 0 Å². The van der Waals surface area contributed by atoms with Crippen molar-refractivity contribution < 1.29 is 13.2 Å². The van der Waals surface area contributed by atoms with Gasteiger partial charge in [0.05, 0.1) is 10.9 Å². The van der Waals surface area contributed by atoms with Crippen LogP contribution in [0.15, 0.2) is 29.2 Å². The fourth-order valence-corrected chi connectivity index (χ4v) is 5.10. The highest BCUT2D eigenvalue weighted by Crippen LogP contribution is 2.23. The highest BCUT2D eigenvalue weighted by Gasteiger charge is 2.31. The van der Waals surface area contributed by atoms with Crippen molar-refractivity contribution in [2.24, 2.45) is 5.92 Å². The number of halogens is 1. The molecule has 26 heavy (non-hydrogen) atoms. The first-order valence-electron chi connectivity index (χ1n) is 9.05. The summed E-state index contributed by atoms with van der Waals surface area (Å²) in [4.78, 5) is 12.5. The van der Waals surface area contributed by atoms with E-state index in [2.05, 4.69) is 10.6 Å². The van der Waals surface area contributed by atoms with Crippen LogP contribution in [0.25, 0.3) is 0 Å². The number of hydrogen-bond donors (Lipinski definition) is 2. The summed E-state index contributed by atoms with van der Waals surface area (Å²) in [5.74, 6) is 0.204. The summed E-state index contributed by atoms with van der Waals surface area (Å²) in [5.41, 5.74) is 1.04. The molecule has 1 amide bonds. The van der Waals surface area contributed by atoms with Gasteiger partial charge in [0.1, 0.15) is 0 Å². The largest absolute Gasteiger partial charge is 0.354 e. The molecular formula is C18H28ClN3O3S. The lowest BCUT2D eigenvalue weighted by Gasteiger charge is -2.32. The van der Waals surface area contributed by atoms with Crippen molar-refractivity contribution in [2.75, 3.05) is 26.2 Å². The van der Waals surface area contributed by atoms with Crippen molar-refractivity contribution in [3.8, 4) is 0 Å². The van der Waals surface area contributed by atoms with Crippen LogP contribution in [0.3, 0.4) is 0 Å². The number of carbonyl (C=O) groups is 1. The number of sulfonamides is 1. The first-order valence-corrected chi connectivity index (χ1v) is 10.5. The Hall–Kier alpha value is -1.15. The van der Waals surface area contributed by atoms with Gasteiger partial charge < -0.3 is 10.6 Å². The Morgan fingerprint density at radius 1 is 1.23 bits per heavy atom. The topological polar surface area (TPSA) is 78.5 Å². The average Bonchev–Trinajstić information content (AvgIpc) is 3.15. The molecule has 2 unspecified atom stereocenters. The zero-order valence-corrected chi connectivity index (χ0v) is 16.7. The Morgan fingerprint density at radius 2 is 1.96 bits per heavy atom. The highest BCUT2D eigenvalue weighted by atomic mass is 35.5. The van der Waals surface area contributed by atoms with Gasteiger partial charge in [-0.1, -0.05) is 17.7 Å². The average molecular weight is 402 g/mol. The molecule has 2 N–H and O–H groups in total. The maximum atomic E-state index is 12.8. The van der Waals surface area contributed by atoms with Crippen LogP contribution in [-0.2, 0) is 14.8 Å². The summed E-state index contributed by atoms with van der Waals surface area (Å²) in [6.45, 7) is 4.38. The van der Waals surface area contributed by atoms with Crippen LogP contribution in [0.4, 0.5) is 0 Å². The summed E-state index contributed by atoms with van der Waals surface area (Å²) in [6, 6.07) is 6.90. The van der Waals surface area contributed by atoms with Gasteiger partial charge in [-0.15, -0.1) is 12.4 Å². The normalized spacial score (nSPS) is 24.0. The number of benzene rings is 1. The van der Waals surface area contributed by atoms with E-state index < -0.39 is 10.0 Å². The lowest BCUT2D eigenvalue weighted by atomic mass is 9.99. The van der Waals surface area contributed by atoms with Crippen LogP contribution in [-0.4, -0.2) is 50.9 Å². The monoisotopic (exact) mass is 401 g/mol. The van der Waals surface area contributed by atoms with Crippen LogP contribution in [0.2, 0.25) is 0 Å². The van der Waals surface area contributed by atoms with Gasteiger partial charge in [-0.2, -0.15) is 4.31 Å². The number of hydrogen-bond acceptors (Lipinski definition) is 4. The van der Waals surface area contributed by atoms with E-state index in [9.17, 15) is 13.2 Å². The minimum Gasteiger partial charge on any atom is -0.354 e. The number of nitrogens with zero attached hydrogens (tertiary/aromatic N) is 1. The second kappa shape index (κ2) is 9.17. The van der Waals surface area contributed by atoms with Crippen LogP contribution in [0.1, 0.15) is 31.2 Å². The third-order valence-corrected chi connectivity index (χ3v) is 6.96. The second-order valence-corrected chi connectivity index (χ2v) is 9.02. The van der Waals surface area contributed by atoms with Crippen LogP contribution < -0.4 is 10.6 Å². The molecule has 8 heteroatoms. The van der Waals surface area contributed by atoms with Crippen molar-refractivity contribution in [3.05, 3.63) is 29.8 Å². The maximum absolute atomic E-state index is 12.8. The minimum absolute atomic E-state index is 0. The van der Waals surface area contributed by atoms with E-state index in [0.717, 1.165) is 37.8 Å².